The van der Waals surface area contributed by atoms with Crippen molar-refractivity contribution in [2.45, 2.75) is 20.4 Å². The first kappa shape index (κ1) is 14.4. The molecule has 110 valence electrons. The van der Waals surface area contributed by atoms with Crippen LogP contribution < -0.4 is 5.32 Å². The number of nitrogens with zero attached hydrogens (tertiary/aromatic N) is 4. The molecule has 2 heterocycles. The Balaban J connectivity index is 2.29. The largest absolute Gasteiger partial charge is 0.390 e. The lowest BCUT2D eigenvalue weighted by molar-refractivity contribution is -0.389. The molecule has 0 aliphatic rings. The van der Waals surface area contributed by atoms with Gasteiger partial charge in [0.2, 0.25) is 0 Å². The van der Waals surface area contributed by atoms with Gasteiger partial charge in [-0.3, -0.25) is 14.7 Å². The number of hydrogen-bond donors (Lipinski definition) is 2. The summed E-state index contributed by atoms with van der Waals surface area (Å²) < 4.78 is 0.995. The summed E-state index contributed by atoms with van der Waals surface area (Å²) in [6.45, 7) is 2.83. The molecule has 0 atom stereocenters. The summed E-state index contributed by atoms with van der Waals surface area (Å²) in [6, 6.07) is 2.61. The first-order valence-electron chi connectivity index (χ1n) is 5.92. The smallest absolute Gasteiger partial charge is 0.358 e. The van der Waals surface area contributed by atoms with Crippen molar-refractivity contribution in [1.29, 1.82) is 0 Å². The van der Waals surface area contributed by atoms with E-state index in [2.05, 4.69) is 20.6 Å². The van der Waals surface area contributed by atoms with Crippen LogP contribution in [0.1, 0.15) is 23.1 Å². The molecule has 0 bridgehead atoms. The van der Waals surface area contributed by atoms with E-state index < -0.39 is 16.6 Å². The molecule has 1 amide bonds. The van der Waals surface area contributed by atoms with E-state index in [9.17, 15) is 19.7 Å². The number of carbonyl (C=O) groups is 2. The number of ketones is 1. The van der Waals surface area contributed by atoms with E-state index in [0.717, 1.165) is 16.4 Å². The van der Waals surface area contributed by atoms with E-state index in [1.807, 2.05) is 0 Å². The minimum Gasteiger partial charge on any atom is -0.358 e. The van der Waals surface area contributed by atoms with Crippen LogP contribution in [0.4, 0.5) is 11.6 Å². The lowest BCUT2D eigenvalue weighted by Gasteiger charge is -2.01. The fourth-order valence-corrected chi connectivity index (χ4v) is 1.67. The van der Waals surface area contributed by atoms with Gasteiger partial charge < -0.3 is 15.4 Å². The van der Waals surface area contributed by atoms with Gasteiger partial charge in [-0.05, 0) is 18.8 Å². The van der Waals surface area contributed by atoms with Crippen molar-refractivity contribution in [2.75, 3.05) is 5.32 Å². The molecule has 0 fully saturated rings. The zero-order valence-corrected chi connectivity index (χ0v) is 11.3. The van der Waals surface area contributed by atoms with Crippen LogP contribution in [0.25, 0.3) is 0 Å². The van der Waals surface area contributed by atoms with Crippen LogP contribution in [0.2, 0.25) is 0 Å². The average molecular weight is 292 g/mol. The SMILES string of the molecule is CC(=O)Cn1nc([N+](=O)[O-])cc1C(=O)Nc1cc(C)[nH]n1. The molecule has 10 nitrogen and oxygen atoms in total. The normalized spacial score (nSPS) is 10.4. The summed E-state index contributed by atoms with van der Waals surface area (Å²) >= 11 is 0. The number of aromatic amines is 1. The molecule has 21 heavy (non-hydrogen) atoms. The molecule has 0 saturated carbocycles. The third-order valence-electron chi connectivity index (χ3n) is 2.51. The molecule has 0 spiro atoms. The first-order chi connectivity index (χ1) is 9.86. The highest BCUT2D eigenvalue weighted by atomic mass is 16.6. The number of hydrogen-bond acceptors (Lipinski definition) is 6. The molecule has 0 radical (unpaired) electrons. The zero-order valence-electron chi connectivity index (χ0n) is 11.3. The molecular formula is C11H12N6O4. The number of amides is 1. The van der Waals surface area contributed by atoms with Crippen molar-refractivity contribution in [3.8, 4) is 0 Å². The van der Waals surface area contributed by atoms with E-state index in [1.165, 1.54) is 6.92 Å². The Morgan fingerprint density at radius 3 is 2.71 bits per heavy atom. The van der Waals surface area contributed by atoms with Crippen LogP contribution in [0.5, 0.6) is 0 Å². The molecule has 2 aromatic rings. The van der Waals surface area contributed by atoms with E-state index in [-0.39, 0.29) is 23.8 Å². The fraction of sp³-hybridized carbons (Fsp3) is 0.273. The maximum atomic E-state index is 12.1. The number of nitrogens with one attached hydrogen (secondary N) is 2. The number of Topliss-reactive ketones (excluding diaryl/α,β-unsaturated/α-hetero) is 1. The predicted octanol–water partition coefficient (Wildman–Crippen LogP) is 0.664. The van der Waals surface area contributed by atoms with Gasteiger partial charge in [-0.25, -0.2) is 0 Å². The summed E-state index contributed by atoms with van der Waals surface area (Å²) in [5.41, 5.74) is 0.658. The van der Waals surface area contributed by atoms with Gasteiger partial charge in [0.1, 0.15) is 6.54 Å². The third kappa shape index (κ3) is 3.29. The van der Waals surface area contributed by atoms with E-state index in [4.69, 9.17) is 0 Å². The van der Waals surface area contributed by atoms with Crippen molar-refractivity contribution in [3.05, 3.63) is 33.6 Å². The van der Waals surface area contributed by atoms with Gasteiger partial charge in [0.15, 0.2) is 17.3 Å². The number of H-pyrrole nitrogens is 1. The highest BCUT2D eigenvalue weighted by Gasteiger charge is 2.24. The van der Waals surface area contributed by atoms with E-state index in [1.54, 1.807) is 13.0 Å². The Labute approximate surface area is 118 Å². The van der Waals surface area contributed by atoms with Crippen LogP contribution >= 0.6 is 0 Å². The van der Waals surface area contributed by atoms with Gasteiger partial charge >= 0.3 is 5.82 Å². The van der Waals surface area contributed by atoms with Gasteiger partial charge in [0, 0.05) is 11.8 Å². The van der Waals surface area contributed by atoms with Crippen molar-refractivity contribution >= 4 is 23.3 Å². The molecular weight excluding hydrogens is 280 g/mol. The number of aromatic nitrogens is 4. The first-order valence-corrected chi connectivity index (χ1v) is 5.92. The second kappa shape index (κ2) is 5.53. The third-order valence-corrected chi connectivity index (χ3v) is 2.51. The summed E-state index contributed by atoms with van der Waals surface area (Å²) in [7, 11) is 0. The average Bonchev–Trinajstić information content (AvgIpc) is 2.95. The van der Waals surface area contributed by atoms with Crippen molar-refractivity contribution < 1.29 is 14.5 Å². The fourth-order valence-electron chi connectivity index (χ4n) is 1.67. The second-order valence-corrected chi connectivity index (χ2v) is 4.39. The Morgan fingerprint density at radius 2 is 2.19 bits per heavy atom. The van der Waals surface area contributed by atoms with Gasteiger partial charge in [0.05, 0.1) is 11.2 Å². The second-order valence-electron chi connectivity index (χ2n) is 4.39. The number of anilines is 1. The van der Waals surface area contributed by atoms with Crippen molar-refractivity contribution in [2.24, 2.45) is 0 Å². The van der Waals surface area contributed by atoms with Gasteiger partial charge in [0.25, 0.3) is 5.91 Å². The lowest BCUT2D eigenvalue weighted by atomic mass is 10.3. The molecule has 0 aliphatic carbocycles. The highest BCUT2D eigenvalue weighted by molar-refractivity contribution is 6.03. The maximum Gasteiger partial charge on any atom is 0.390 e. The molecule has 0 saturated heterocycles. The molecule has 0 aliphatic heterocycles. The van der Waals surface area contributed by atoms with E-state index >= 15 is 0 Å². The van der Waals surface area contributed by atoms with Gasteiger partial charge in [-0.2, -0.15) is 9.78 Å². The molecule has 10 heteroatoms. The maximum absolute atomic E-state index is 12.1. The molecule has 2 N–H and O–H groups in total. The Kier molecular flexibility index (Phi) is 3.78. The van der Waals surface area contributed by atoms with Crippen LogP contribution in [-0.2, 0) is 11.3 Å². The summed E-state index contributed by atoms with van der Waals surface area (Å²) in [5, 5.41) is 23.3. The number of carbonyl (C=O) groups excluding carboxylic acids is 2. The summed E-state index contributed by atoms with van der Waals surface area (Å²) in [5.74, 6) is -1.14. The predicted molar refractivity (Wildman–Crippen MR) is 70.8 cm³/mol. The van der Waals surface area contributed by atoms with Crippen LogP contribution in [-0.4, -0.2) is 36.6 Å². The Bertz CT molecular complexity index is 716. The zero-order chi connectivity index (χ0) is 15.6. The topological polar surface area (TPSA) is 136 Å². The van der Waals surface area contributed by atoms with Gasteiger partial charge in [-0.1, -0.05) is 0 Å². The minimum absolute atomic E-state index is 0.0856. The van der Waals surface area contributed by atoms with Crippen LogP contribution in [0.3, 0.4) is 0 Å². The van der Waals surface area contributed by atoms with Crippen LogP contribution in [0, 0.1) is 17.0 Å². The molecule has 0 aromatic carbocycles. The molecule has 0 unspecified atom stereocenters. The Hall–Kier alpha value is -3.04. The minimum atomic E-state index is -0.730. The number of aryl methyl sites for hydroxylation is 1. The molecule has 2 aromatic heterocycles. The van der Waals surface area contributed by atoms with Gasteiger partial charge in [-0.15, -0.1) is 0 Å². The summed E-state index contributed by atoms with van der Waals surface area (Å²) in [6.07, 6.45) is 0. The van der Waals surface area contributed by atoms with Crippen molar-refractivity contribution in [1.82, 2.24) is 20.0 Å². The number of nitro groups is 1. The standard InChI is InChI=1S/C11H12N6O4/c1-6-3-9(14-13-6)12-11(19)8-4-10(17(20)21)15-16(8)5-7(2)18/h3-4H,5H2,1-2H3,(H2,12,13,14,19). The van der Waals surface area contributed by atoms with E-state index in [0.29, 0.717) is 0 Å². The monoisotopic (exact) mass is 292 g/mol. The number of rotatable bonds is 5. The molecule has 2 rings (SSSR count). The Morgan fingerprint density at radius 1 is 1.48 bits per heavy atom. The van der Waals surface area contributed by atoms with Crippen LogP contribution in [0.15, 0.2) is 12.1 Å². The quantitative estimate of drug-likeness (QED) is 0.613. The lowest BCUT2D eigenvalue weighted by Crippen LogP contribution is -2.20. The van der Waals surface area contributed by atoms with Crippen molar-refractivity contribution in [3.63, 3.8) is 0 Å². The highest BCUT2D eigenvalue weighted by Crippen LogP contribution is 2.14. The summed E-state index contributed by atoms with van der Waals surface area (Å²) in [4.78, 5) is 33.3.